The Morgan fingerprint density at radius 2 is 2.20 bits per heavy atom. The van der Waals surface area contributed by atoms with E-state index in [0.29, 0.717) is 18.7 Å². The minimum absolute atomic E-state index is 0.131. The smallest absolute Gasteiger partial charge is 0.251 e. The Morgan fingerprint density at radius 3 is 2.96 bits per heavy atom. The predicted octanol–water partition coefficient (Wildman–Crippen LogP) is 2.30. The van der Waals surface area contributed by atoms with Gasteiger partial charge in [0, 0.05) is 30.5 Å². The molecule has 1 N–H and O–H groups in total. The molecule has 2 amide bonds. The van der Waals surface area contributed by atoms with E-state index in [0.717, 1.165) is 36.3 Å². The SMILES string of the molecule is C=CC(=O)N1CCCc2c(C(=O)NCc3ccnn3CC)cccc21. The Labute approximate surface area is 147 Å². The number of aromatic nitrogens is 2. The zero-order chi connectivity index (χ0) is 17.8. The summed E-state index contributed by atoms with van der Waals surface area (Å²) in [5.74, 6) is -0.265. The molecule has 0 saturated heterocycles. The maximum atomic E-state index is 12.7. The molecule has 6 heteroatoms. The number of hydrogen-bond acceptors (Lipinski definition) is 3. The second kappa shape index (κ2) is 7.34. The summed E-state index contributed by atoms with van der Waals surface area (Å²) in [6.45, 7) is 7.41. The van der Waals surface area contributed by atoms with Crippen molar-refractivity contribution in [2.24, 2.45) is 0 Å². The highest BCUT2D eigenvalue weighted by Crippen LogP contribution is 2.30. The standard InChI is InChI=1S/C19H22N4O2/c1-3-18(24)22-12-6-8-15-16(7-5-9-17(15)22)19(25)20-13-14-10-11-21-23(14)4-2/h3,5,7,9-11H,1,4,6,8,12-13H2,2H3,(H,20,25). The van der Waals surface area contributed by atoms with E-state index in [9.17, 15) is 9.59 Å². The molecule has 1 aliphatic heterocycles. The predicted molar refractivity (Wildman–Crippen MR) is 96.4 cm³/mol. The molecule has 1 aromatic heterocycles. The van der Waals surface area contributed by atoms with Crippen LogP contribution in [-0.4, -0.2) is 28.1 Å². The molecule has 0 fully saturated rings. The molecule has 0 unspecified atom stereocenters. The second-order valence-electron chi connectivity index (χ2n) is 5.92. The topological polar surface area (TPSA) is 67.2 Å². The van der Waals surface area contributed by atoms with Gasteiger partial charge in [-0.05, 0) is 49.6 Å². The van der Waals surface area contributed by atoms with E-state index in [-0.39, 0.29) is 11.8 Å². The van der Waals surface area contributed by atoms with Crippen molar-refractivity contribution in [1.29, 1.82) is 0 Å². The zero-order valence-electron chi connectivity index (χ0n) is 14.4. The summed E-state index contributed by atoms with van der Waals surface area (Å²) in [6, 6.07) is 7.42. The Balaban J connectivity index is 1.82. The lowest BCUT2D eigenvalue weighted by Crippen LogP contribution is -2.35. The Bertz CT molecular complexity index is 810. The van der Waals surface area contributed by atoms with E-state index in [2.05, 4.69) is 17.0 Å². The molecule has 3 rings (SSSR count). The van der Waals surface area contributed by atoms with Crippen LogP contribution >= 0.6 is 0 Å². The van der Waals surface area contributed by atoms with Crippen molar-refractivity contribution in [3.8, 4) is 0 Å². The first kappa shape index (κ1) is 17.0. The largest absolute Gasteiger partial charge is 0.346 e. The van der Waals surface area contributed by atoms with Gasteiger partial charge in [0.25, 0.3) is 5.91 Å². The van der Waals surface area contributed by atoms with Gasteiger partial charge in [0.1, 0.15) is 0 Å². The fourth-order valence-electron chi connectivity index (χ4n) is 3.24. The molecule has 6 nitrogen and oxygen atoms in total. The molecule has 25 heavy (non-hydrogen) atoms. The summed E-state index contributed by atoms with van der Waals surface area (Å²) in [7, 11) is 0. The van der Waals surface area contributed by atoms with Gasteiger partial charge in [-0.3, -0.25) is 14.3 Å². The van der Waals surface area contributed by atoms with Gasteiger partial charge in [-0.25, -0.2) is 0 Å². The molecular weight excluding hydrogens is 316 g/mol. The number of rotatable bonds is 5. The van der Waals surface area contributed by atoms with Crippen molar-refractivity contribution in [2.45, 2.75) is 32.9 Å². The first-order chi connectivity index (χ1) is 12.2. The molecule has 0 atom stereocenters. The highest BCUT2D eigenvalue weighted by molar-refractivity contribution is 6.04. The van der Waals surface area contributed by atoms with Crippen LogP contribution in [0.2, 0.25) is 0 Å². The van der Waals surface area contributed by atoms with Gasteiger partial charge >= 0.3 is 0 Å². The molecule has 2 aromatic rings. The molecule has 0 saturated carbocycles. The Kier molecular flexibility index (Phi) is 4.97. The van der Waals surface area contributed by atoms with Gasteiger partial charge in [0.2, 0.25) is 5.91 Å². The minimum atomic E-state index is -0.134. The summed E-state index contributed by atoms with van der Waals surface area (Å²) >= 11 is 0. The molecule has 0 spiro atoms. The maximum absolute atomic E-state index is 12.7. The van der Waals surface area contributed by atoms with E-state index >= 15 is 0 Å². The van der Waals surface area contributed by atoms with Crippen molar-refractivity contribution >= 4 is 17.5 Å². The van der Waals surface area contributed by atoms with Gasteiger partial charge in [-0.2, -0.15) is 5.10 Å². The third-order valence-corrected chi connectivity index (χ3v) is 4.47. The molecule has 0 bridgehead atoms. The summed E-state index contributed by atoms with van der Waals surface area (Å²) in [4.78, 5) is 26.4. The van der Waals surface area contributed by atoms with E-state index in [4.69, 9.17) is 0 Å². The van der Waals surface area contributed by atoms with Crippen molar-refractivity contribution in [2.75, 3.05) is 11.4 Å². The van der Waals surface area contributed by atoms with Crippen LogP contribution in [0.4, 0.5) is 5.69 Å². The van der Waals surface area contributed by atoms with Crippen LogP contribution in [0.3, 0.4) is 0 Å². The maximum Gasteiger partial charge on any atom is 0.251 e. The van der Waals surface area contributed by atoms with Gasteiger partial charge in [-0.15, -0.1) is 0 Å². The van der Waals surface area contributed by atoms with E-state index in [1.165, 1.54) is 6.08 Å². The first-order valence-electron chi connectivity index (χ1n) is 8.50. The normalized spacial score (nSPS) is 13.2. The molecule has 2 heterocycles. The lowest BCUT2D eigenvalue weighted by Gasteiger charge is -2.29. The lowest BCUT2D eigenvalue weighted by atomic mass is 9.95. The number of carbonyl (C=O) groups excluding carboxylic acids is 2. The number of benzene rings is 1. The number of anilines is 1. The van der Waals surface area contributed by atoms with Crippen LogP contribution in [0.15, 0.2) is 43.1 Å². The summed E-state index contributed by atoms with van der Waals surface area (Å²) < 4.78 is 1.85. The summed E-state index contributed by atoms with van der Waals surface area (Å²) in [5.41, 5.74) is 3.32. The van der Waals surface area contributed by atoms with Crippen LogP contribution < -0.4 is 10.2 Å². The molecule has 1 aromatic carbocycles. The molecule has 0 aliphatic carbocycles. The number of amides is 2. The number of aryl methyl sites for hydroxylation is 1. The summed E-state index contributed by atoms with van der Waals surface area (Å²) in [6.07, 6.45) is 4.66. The third-order valence-electron chi connectivity index (χ3n) is 4.47. The van der Waals surface area contributed by atoms with Crippen molar-refractivity contribution in [1.82, 2.24) is 15.1 Å². The van der Waals surface area contributed by atoms with Gasteiger partial charge in [0.15, 0.2) is 0 Å². The first-order valence-corrected chi connectivity index (χ1v) is 8.50. The van der Waals surface area contributed by atoms with Gasteiger partial charge < -0.3 is 10.2 Å². The molecule has 0 radical (unpaired) electrons. The van der Waals surface area contributed by atoms with Crippen LogP contribution in [0.25, 0.3) is 0 Å². The second-order valence-corrected chi connectivity index (χ2v) is 5.92. The Morgan fingerprint density at radius 1 is 1.36 bits per heavy atom. The summed E-state index contributed by atoms with van der Waals surface area (Å²) in [5, 5.41) is 7.17. The number of hydrogen-bond donors (Lipinski definition) is 1. The zero-order valence-corrected chi connectivity index (χ0v) is 14.4. The van der Waals surface area contributed by atoms with Crippen molar-refractivity contribution in [3.63, 3.8) is 0 Å². The number of fused-ring (bicyclic) bond motifs is 1. The average molecular weight is 338 g/mol. The van der Waals surface area contributed by atoms with Crippen LogP contribution in [0, 0.1) is 0 Å². The monoisotopic (exact) mass is 338 g/mol. The van der Waals surface area contributed by atoms with Crippen molar-refractivity contribution in [3.05, 3.63) is 59.9 Å². The average Bonchev–Trinajstić information content (AvgIpc) is 3.12. The van der Waals surface area contributed by atoms with Crippen LogP contribution in [0.1, 0.15) is 35.0 Å². The van der Waals surface area contributed by atoms with E-state index in [1.54, 1.807) is 11.1 Å². The molecule has 130 valence electrons. The Hall–Kier alpha value is -2.89. The quantitative estimate of drug-likeness (QED) is 0.851. The molecular formula is C19H22N4O2. The number of carbonyl (C=O) groups is 2. The van der Waals surface area contributed by atoms with Crippen LogP contribution in [-0.2, 0) is 24.3 Å². The lowest BCUT2D eigenvalue weighted by molar-refractivity contribution is -0.114. The van der Waals surface area contributed by atoms with Gasteiger partial charge in [-0.1, -0.05) is 12.6 Å². The van der Waals surface area contributed by atoms with E-state index < -0.39 is 0 Å². The van der Waals surface area contributed by atoms with E-state index in [1.807, 2.05) is 35.9 Å². The number of nitrogens with zero attached hydrogens (tertiary/aromatic N) is 3. The molecule has 1 aliphatic rings. The third kappa shape index (κ3) is 3.33. The highest BCUT2D eigenvalue weighted by Gasteiger charge is 2.24. The highest BCUT2D eigenvalue weighted by atomic mass is 16.2. The fourth-order valence-corrected chi connectivity index (χ4v) is 3.24. The number of nitrogens with one attached hydrogen (secondary N) is 1. The fraction of sp³-hybridized carbons (Fsp3) is 0.316. The van der Waals surface area contributed by atoms with Crippen molar-refractivity contribution < 1.29 is 9.59 Å². The minimum Gasteiger partial charge on any atom is -0.346 e. The van der Waals surface area contributed by atoms with Crippen LogP contribution in [0.5, 0.6) is 0 Å². The van der Waals surface area contributed by atoms with Gasteiger partial charge in [0.05, 0.1) is 12.2 Å².